The molecular formula is C11H15NO3. The highest BCUT2D eigenvalue weighted by atomic mass is 16.5. The molecule has 0 aliphatic heterocycles. The van der Waals surface area contributed by atoms with Crippen LogP contribution in [-0.4, -0.2) is 18.6 Å². The summed E-state index contributed by atoms with van der Waals surface area (Å²) in [4.78, 5) is 11.1. The van der Waals surface area contributed by atoms with Crippen molar-refractivity contribution in [2.45, 2.75) is 19.9 Å². The van der Waals surface area contributed by atoms with E-state index in [1.165, 1.54) is 0 Å². The molecule has 0 unspecified atom stereocenters. The van der Waals surface area contributed by atoms with E-state index in [2.05, 4.69) is 0 Å². The van der Waals surface area contributed by atoms with Crippen LogP contribution in [0.5, 0.6) is 11.5 Å². The molecule has 1 aromatic carbocycles. The van der Waals surface area contributed by atoms with E-state index in [1.807, 2.05) is 6.92 Å². The summed E-state index contributed by atoms with van der Waals surface area (Å²) in [5.74, 6) is 0.776. The Kier molecular flexibility index (Phi) is 4.12. The molecular weight excluding hydrogens is 194 g/mol. The Morgan fingerprint density at radius 3 is 2.33 bits per heavy atom. The molecule has 82 valence electrons. The first-order valence-corrected chi connectivity index (χ1v) is 4.83. The highest BCUT2D eigenvalue weighted by Crippen LogP contribution is 2.17. The second kappa shape index (κ2) is 5.36. The highest BCUT2D eigenvalue weighted by molar-refractivity contribution is 5.77. The van der Waals surface area contributed by atoms with Crippen LogP contribution >= 0.6 is 0 Å². The minimum absolute atomic E-state index is 0.445. The lowest BCUT2D eigenvalue weighted by molar-refractivity contribution is -0.135. The lowest BCUT2D eigenvalue weighted by Crippen LogP contribution is -2.30. The summed E-state index contributed by atoms with van der Waals surface area (Å²) < 4.78 is 10.2. The third kappa shape index (κ3) is 3.59. The van der Waals surface area contributed by atoms with Crippen molar-refractivity contribution in [1.82, 2.24) is 0 Å². The third-order valence-corrected chi connectivity index (χ3v) is 1.72. The van der Waals surface area contributed by atoms with Gasteiger partial charge in [0.05, 0.1) is 6.61 Å². The van der Waals surface area contributed by atoms with Gasteiger partial charge < -0.3 is 15.2 Å². The van der Waals surface area contributed by atoms with Gasteiger partial charge in [-0.15, -0.1) is 0 Å². The van der Waals surface area contributed by atoms with Gasteiger partial charge in [-0.1, -0.05) is 0 Å². The second-order valence-electron chi connectivity index (χ2n) is 3.11. The standard InChI is InChI=1S/C11H15NO3/c1-3-14-9-4-6-10(7-5-9)15-11(13)8(2)12/h4-8H,3,12H2,1-2H3/t8-/m0/s1. The number of carbonyl (C=O) groups excluding carboxylic acids is 1. The fraction of sp³-hybridized carbons (Fsp3) is 0.364. The number of rotatable bonds is 4. The Morgan fingerprint density at radius 2 is 1.87 bits per heavy atom. The average molecular weight is 209 g/mol. The highest BCUT2D eigenvalue weighted by Gasteiger charge is 2.09. The smallest absolute Gasteiger partial charge is 0.328 e. The van der Waals surface area contributed by atoms with Crippen molar-refractivity contribution in [2.24, 2.45) is 5.73 Å². The van der Waals surface area contributed by atoms with Gasteiger partial charge in [0, 0.05) is 0 Å². The number of nitrogens with two attached hydrogens (primary N) is 1. The zero-order chi connectivity index (χ0) is 11.3. The van der Waals surface area contributed by atoms with E-state index in [1.54, 1.807) is 31.2 Å². The first-order chi connectivity index (χ1) is 7.13. The molecule has 1 atom stereocenters. The van der Waals surface area contributed by atoms with Crippen LogP contribution in [0.15, 0.2) is 24.3 Å². The van der Waals surface area contributed by atoms with Crippen LogP contribution in [0.25, 0.3) is 0 Å². The predicted octanol–water partition coefficient (Wildman–Crippen LogP) is 1.34. The maximum atomic E-state index is 11.1. The number of benzene rings is 1. The molecule has 15 heavy (non-hydrogen) atoms. The summed E-state index contributed by atoms with van der Waals surface area (Å²) >= 11 is 0. The normalized spacial score (nSPS) is 11.9. The van der Waals surface area contributed by atoms with Crippen LogP contribution in [0.3, 0.4) is 0 Å². The summed E-state index contributed by atoms with van der Waals surface area (Å²) in [6.07, 6.45) is 0. The predicted molar refractivity (Wildman–Crippen MR) is 56.9 cm³/mol. The summed E-state index contributed by atoms with van der Waals surface area (Å²) in [7, 11) is 0. The van der Waals surface area contributed by atoms with Crippen LogP contribution < -0.4 is 15.2 Å². The SMILES string of the molecule is CCOc1ccc(OC(=O)[C@H](C)N)cc1. The van der Waals surface area contributed by atoms with Crippen molar-refractivity contribution in [3.8, 4) is 11.5 Å². The van der Waals surface area contributed by atoms with Crippen molar-refractivity contribution in [3.63, 3.8) is 0 Å². The van der Waals surface area contributed by atoms with Gasteiger partial charge >= 0.3 is 5.97 Å². The van der Waals surface area contributed by atoms with E-state index in [9.17, 15) is 4.79 Å². The van der Waals surface area contributed by atoms with Gasteiger partial charge in [0.25, 0.3) is 0 Å². The zero-order valence-electron chi connectivity index (χ0n) is 8.90. The molecule has 1 aromatic rings. The summed E-state index contributed by atoms with van der Waals surface area (Å²) in [5, 5.41) is 0. The first-order valence-electron chi connectivity index (χ1n) is 4.83. The molecule has 0 spiro atoms. The third-order valence-electron chi connectivity index (χ3n) is 1.72. The van der Waals surface area contributed by atoms with E-state index in [0.717, 1.165) is 5.75 Å². The number of hydrogen-bond donors (Lipinski definition) is 1. The molecule has 4 heteroatoms. The van der Waals surface area contributed by atoms with E-state index in [-0.39, 0.29) is 0 Å². The van der Waals surface area contributed by atoms with E-state index >= 15 is 0 Å². The summed E-state index contributed by atoms with van der Waals surface area (Å²) in [5.41, 5.74) is 5.36. The fourth-order valence-electron chi connectivity index (χ4n) is 0.980. The minimum Gasteiger partial charge on any atom is -0.494 e. The number of hydrogen-bond acceptors (Lipinski definition) is 4. The van der Waals surface area contributed by atoms with Crippen LogP contribution in [0.2, 0.25) is 0 Å². The maximum Gasteiger partial charge on any atom is 0.328 e. The van der Waals surface area contributed by atoms with Crippen molar-refractivity contribution in [1.29, 1.82) is 0 Å². The molecule has 4 nitrogen and oxygen atoms in total. The molecule has 0 aliphatic rings. The molecule has 0 saturated carbocycles. The van der Waals surface area contributed by atoms with Gasteiger partial charge in [0.1, 0.15) is 17.5 Å². The first kappa shape index (κ1) is 11.5. The Morgan fingerprint density at radius 1 is 1.33 bits per heavy atom. The van der Waals surface area contributed by atoms with E-state index < -0.39 is 12.0 Å². The molecule has 0 heterocycles. The van der Waals surface area contributed by atoms with Gasteiger partial charge in [-0.05, 0) is 38.1 Å². The quantitative estimate of drug-likeness (QED) is 0.600. The summed E-state index contributed by atoms with van der Waals surface area (Å²) in [6, 6.07) is 6.22. The molecule has 0 fully saturated rings. The Balaban J connectivity index is 2.60. The van der Waals surface area contributed by atoms with Crippen molar-refractivity contribution >= 4 is 5.97 Å². The summed E-state index contributed by atoms with van der Waals surface area (Å²) in [6.45, 7) is 4.10. The van der Waals surface area contributed by atoms with Crippen LogP contribution in [0.1, 0.15) is 13.8 Å². The van der Waals surface area contributed by atoms with Gasteiger partial charge in [0.15, 0.2) is 0 Å². The largest absolute Gasteiger partial charge is 0.494 e. The second-order valence-corrected chi connectivity index (χ2v) is 3.11. The lowest BCUT2D eigenvalue weighted by Gasteiger charge is -2.07. The fourth-order valence-corrected chi connectivity index (χ4v) is 0.980. The zero-order valence-corrected chi connectivity index (χ0v) is 8.90. The number of ether oxygens (including phenoxy) is 2. The Hall–Kier alpha value is -1.55. The maximum absolute atomic E-state index is 11.1. The number of esters is 1. The average Bonchev–Trinajstić information content (AvgIpc) is 2.21. The lowest BCUT2D eigenvalue weighted by atomic mass is 10.3. The van der Waals surface area contributed by atoms with Crippen molar-refractivity contribution < 1.29 is 14.3 Å². The monoisotopic (exact) mass is 209 g/mol. The van der Waals surface area contributed by atoms with Crippen LogP contribution in [0, 0.1) is 0 Å². The van der Waals surface area contributed by atoms with E-state index in [0.29, 0.717) is 12.4 Å². The molecule has 2 N–H and O–H groups in total. The van der Waals surface area contributed by atoms with Crippen molar-refractivity contribution in [3.05, 3.63) is 24.3 Å². The minimum atomic E-state index is -0.614. The molecule has 0 aromatic heterocycles. The van der Waals surface area contributed by atoms with Gasteiger partial charge in [-0.3, -0.25) is 0 Å². The van der Waals surface area contributed by atoms with E-state index in [4.69, 9.17) is 15.2 Å². The molecule has 0 radical (unpaired) electrons. The van der Waals surface area contributed by atoms with Crippen LogP contribution in [0.4, 0.5) is 0 Å². The number of carbonyl (C=O) groups is 1. The van der Waals surface area contributed by atoms with Crippen LogP contribution in [-0.2, 0) is 4.79 Å². The van der Waals surface area contributed by atoms with Gasteiger partial charge in [0.2, 0.25) is 0 Å². The molecule has 0 bridgehead atoms. The Bertz CT molecular complexity index is 319. The topological polar surface area (TPSA) is 61.5 Å². The molecule has 1 rings (SSSR count). The molecule has 0 saturated heterocycles. The van der Waals surface area contributed by atoms with Gasteiger partial charge in [-0.25, -0.2) is 4.79 Å². The van der Waals surface area contributed by atoms with Gasteiger partial charge in [-0.2, -0.15) is 0 Å². The molecule has 0 amide bonds. The Labute approximate surface area is 89.0 Å². The van der Waals surface area contributed by atoms with Crippen molar-refractivity contribution in [2.75, 3.05) is 6.61 Å². The molecule has 0 aliphatic carbocycles.